The predicted octanol–water partition coefficient (Wildman–Crippen LogP) is 2.38. The molecule has 0 aromatic heterocycles. The molecule has 2 fully saturated rings. The molecular formula is C17H21F3N2O2. The highest BCUT2D eigenvalue weighted by Gasteiger charge is 2.36. The zero-order chi connectivity index (χ0) is 17.3. The second-order valence-electron chi connectivity index (χ2n) is 6.57. The molecular weight excluding hydrogens is 321 g/mol. The number of likely N-dealkylation sites (N-methyl/N-ethyl adjacent to an activating group) is 1. The maximum atomic E-state index is 12.6. The van der Waals surface area contributed by atoms with E-state index in [0.29, 0.717) is 19.1 Å². The van der Waals surface area contributed by atoms with E-state index in [1.807, 2.05) is 0 Å². The minimum absolute atomic E-state index is 0.0149. The summed E-state index contributed by atoms with van der Waals surface area (Å²) >= 11 is 0. The lowest BCUT2D eigenvalue weighted by atomic mass is 9.91. The van der Waals surface area contributed by atoms with Crippen LogP contribution in [0, 0.1) is 5.92 Å². The van der Waals surface area contributed by atoms with Crippen LogP contribution in [0.1, 0.15) is 17.5 Å². The Balaban J connectivity index is 1.65. The minimum Gasteiger partial charge on any atom is -0.371 e. The number of alkyl halides is 3. The molecule has 0 saturated carbocycles. The van der Waals surface area contributed by atoms with E-state index in [1.54, 1.807) is 11.9 Å². The number of piperidine rings is 1. The smallest absolute Gasteiger partial charge is 0.371 e. The first-order valence-corrected chi connectivity index (χ1v) is 8.06. The molecule has 4 nitrogen and oxygen atoms in total. The molecule has 0 bridgehead atoms. The number of hydrogen-bond donors (Lipinski definition) is 0. The topological polar surface area (TPSA) is 32.8 Å². The Kier molecular flexibility index (Phi) is 4.83. The van der Waals surface area contributed by atoms with Crippen LogP contribution in [0.3, 0.4) is 0 Å². The molecule has 0 N–H and O–H groups in total. The van der Waals surface area contributed by atoms with Crippen molar-refractivity contribution in [1.82, 2.24) is 9.80 Å². The number of halogens is 3. The fraction of sp³-hybridized carbons (Fsp3) is 0.588. The number of amides is 1. The number of ether oxygens (including phenoxy) is 1. The van der Waals surface area contributed by atoms with Crippen molar-refractivity contribution in [2.45, 2.75) is 25.2 Å². The van der Waals surface area contributed by atoms with Gasteiger partial charge in [-0.3, -0.25) is 9.69 Å². The van der Waals surface area contributed by atoms with Gasteiger partial charge in [-0.15, -0.1) is 0 Å². The van der Waals surface area contributed by atoms with Crippen LogP contribution in [0.25, 0.3) is 0 Å². The molecule has 0 radical (unpaired) electrons. The van der Waals surface area contributed by atoms with Crippen LogP contribution >= 0.6 is 0 Å². The predicted molar refractivity (Wildman–Crippen MR) is 82.2 cm³/mol. The molecule has 2 aliphatic heterocycles. The molecule has 1 aromatic rings. The molecule has 1 aromatic carbocycles. The van der Waals surface area contributed by atoms with Gasteiger partial charge in [0.2, 0.25) is 5.91 Å². The van der Waals surface area contributed by atoms with Crippen molar-refractivity contribution >= 4 is 5.91 Å². The van der Waals surface area contributed by atoms with E-state index >= 15 is 0 Å². The summed E-state index contributed by atoms with van der Waals surface area (Å²) in [4.78, 5) is 15.9. The van der Waals surface area contributed by atoms with Gasteiger partial charge in [-0.2, -0.15) is 13.2 Å². The number of benzene rings is 1. The van der Waals surface area contributed by atoms with Crippen molar-refractivity contribution in [3.8, 4) is 0 Å². The Morgan fingerprint density at radius 1 is 1.25 bits per heavy atom. The minimum atomic E-state index is -4.31. The summed E-state index contributed by atoms with van der Waals surface area (Å²) in [6.07, 6.45) is -3.39. The Morgan fingerprint density at radius 2 is 1.96 bits per heavy atom. The van der Waals surface area contributed by atoms with Gasteiger partial charge in [-0.25, -0.2) is 0 Å². The molecule has 0 spiro atoms. The summed E-state index contributed by atoms with van der Waals surface area (Å²) in [7, 11) is 1.80. The van der Waals surface area contributed by atoms with Gasteiger partial charge >= 0.3 is 6.18 Å². The monoisotopic (exact) mass is 342 g/mol. The number of carbonyl (C=O) groups excluding carboxylic acids is 1. The van der Waals surface area contributed by atoms with Crippen molar-refractivity contribution in [3.63, 3.8) is 0 Å². The first kappa shape index (κ1) is 17.2. The van der Waals surface area contributed by atoms with Gasteiger partial charge < -0.3 is 9.64 Å². The summed E-state index contributed by atoms with van der Waals surface area (Å²) in [5.74, 6) is 0.309. The van der Waals surface area contributed by atoms with Crippen molar-refractivity contribution < 1.29 is 22.7 Å². The zero-order valence-corrected chi connectivity index (χ0v) is 13.6. The highest BCUT2D eigenvalue weighted by molar-refractivity contribution is 5.77. The van der Waals surface area contributed by atoms with E-state index in [2.05, 4.69) is 4.90 Å². The van der Waals surface area contributed by atoms with E-state index in [-0.39, 0.29) is 18.6 Å². The highest BCUT2D eigenvalue weighted by atomic mass is 19.4. The quantitative estimate of drug-likeness (QED) is 0.827. The number of rotatable bonds is 2. The zero-order valence-electron chi connectivity index (χ0n) is 13.6. The number of carbonyl (C=O) groups is 1. The first-order chi connectivity index (χ1) is 11.3. The van der Waals surface area contributed by atoms with Gasteiger partial charge in [0.25, 0.3) is 0 Å². The summed E-state index contributed by atoms with van der Waals surface area (Å²) in [6.45, 7) is 2.88. The summed E-state index contributed by atoms with van der Waals surface area (Å²) in [5.41, 5.74) is 0.219. The summed E-state index contributed by atoms with van der Waals surface area (Å²) < 4.78 is 43.3. The van der Waals surface area contributed by atoms with Crippen LogP contribution in [-0.4, -0.2) is 55.1 Å². The van der Waals surface area contributed by atoms with Gasteiger partial charge in [0.1, 0.15) is 6.61 Å². The van der Waals surface area contributed by atoms with Crippen LogP contribution in [-0.2, 0) is 22.3 Å². The Hall–Kier alpha value is -1.60. The summed E-state index contributed by atoms with van der Waals surface area (Å²) in [6, 6.07) is 5.40. The third-order valence-corrected chi connectivity index (χ3v) is 4.94. The Morgan fingerprint density at radius 3 is 2.62 bits per heavy atom. The van der Waals surface area contributed by atoms with E-state index in [9.17, 15) is 18.0 Å². The maximum absolute atomic E-state index is 12.6. The molecule has 1 amide bonds. The molecule has 7 heteroatoms. The Labute approximate surface area is 139 Å². The standard InChI is InChI=1S/C17H21F3N2O2/c1-21-15-9-22(7-6-13(15)10-24-11-16(21)23)8-12-2-4-14(5-3-12)17(18,19)20/h2-5,13,15H,6-11H2,1H3/t13-,15-/m0/s1. The molecule has 2 heterocycles. The molecule has 24 heavy (non-hydrogen) atoms. The molecule has 0 aliphatic carbocycles. The fourth-order valence-electron chi connectivity index (χ4n) is 3.46. The van der Waals surface area contributed by atoms with Crippen molar-refractivity contribution in [3.05, 3.63) is 35.4 Å². The van der Waals surface area contributed by atoms with Gasteiger partial charge in [0.15, 0.2) is 0 Å². The molecule has 132 valence electrons. The maximum Gasteiger partial charge on any atom is 0.416 e. The van der Waals surface area contributed by atoms with Crippen molar-refractivity contribution in [2.75, 3.05) is 33.4 Å². The van der Waals surface area contributed by atoms with Crippen LogP contribution in [0.5, 0.6) is 0 Å². The second-order valence-corrected chi connectivity index (χ2v) is 6.57. The first-order valence-electron chi connectivity index (χ1n) is 8.06. The lowest BCUT2D eigenvalue weighted by Gasteiger charge is -2.41. The van der Waals surface area contributed by atoms with E-state index in [0.717, 1.165) is 37.2 Å². The largest absolute Gasteiger partial charge is 0.416 e. The number of nitrogens with zero attached hydrogens (tertiary/aromatic N) is 2. The lowest BCUT2D eigenvalue weighted by Crippen LogP contribution is -2.52. The molecule has 0 unspecified atom stereocenters. The number of hydrogen-bond acceptors (Lipinski definition) is 3. The average Bonchev–Trinajstić information content (AvgIpc) is 2.67. The molecule has 2 saturated heterocycles. The Bertz CT molecular complexity index is 588. The summed E-state index contributed by atoms with van der Waals surface area (Å²) in [5, 5.41) is 0. The third-order valence-electron chi connectivity index (χ3n) is 4.94. The van der Waals surface area contributed by atoms with Gasteiger partial charge in [0, 0.05) is 32.1 Å². The van der Waals surface area contributed by atoms with Crippen LogP contribution in [0.2, 0.25) is 0 Å². The van der Waals surface area contributed by atoms with E-state index < -0.39 is 11.7 Å². The van der Waals surface area contributed by atoms with Gasteiger partial charge in [-0.05, 0) is 30.7 Å². The van der Waals surface area contributed by atoms with E-state index in [4.69, 9.17) is 4.74 Å². The highest BCUT2D eigenvalue weighted by Crippen LogP contribution is 2.30. The molecule has 2 aliphatic rings. The molecule has 3 rings (SSSR count). The van der Waals surface area contributed by atoms with Crippen molar-refractivity contribution in [1.29, 1.82) is 0 Å². The lowest BCUT2D eigenvalue weighted by molar-refractivity contribution is -0.137. The SMILES string of the molecule is CN1C(=O)COC[C@@H]2CCN(Cc3ccc(C(F)(F)F)cc3)C[C@@H]21. The second kappa shape index (κ2) is 6.72. The fourth-order valence-corrected chi connectivity index (χ4v) is 3.46. The van der Waals surface area contributed by atoms with Crippen LogP contribution < -0.4 is 0 Å². The molecule has 2 atom stereocenters. The normalized spacial score (nSPS) is 26.2. The third kappa shape index (κ3) is 3.72. The average molecular weight is 342 g/mol. The van der Waals surface area contributed by atoms with Gasteiger partial charge in [0.05, 0.1) is 12.2 Å². The number of likely N-dealkylation sites (tertiary alicyclic amines) is 1. The van der Waals surface area contributed by atoms with Crippen LogP contribution in [0.4, 0.5) is 13.2 Å². The number of fused-ring (bicyclic) bond motifs is 1. The van der Waals surface area contributed by atoms with Gasteiger partial charge in [-0.1, -0.05) is 12.1 Å². The van der Waals surface area contributed by atoms with Crippen LogP contribution in [0.15, 0.2) is 24.3 Å². The van der Waals surface area contributed by atoms with E-state index in [1.165, 1.54) is 12.1 Å². The van der Waals surface area contributed by atoms with Crippen molar-refractivity contribution in [2.24, 2.45) is 5.92 Å².